The Morgan fingerprint density at radius 2 is 1.97 bits per heavy atom. The highest BCUT2D eigenvalue weighted by molar-refractivity contribution is 6.24. The SMILES string of the molecule is COc1c([C@@H]2CCCN2CCO)cc(O)c2c1C[C@H]1C[C@H]3[C@H](N)C(=O)C(C(N)=O)=C(O)[C@@]3(O)C(=O)C1=C2O. The smallest absolute Gasteiger partial charge is 0.255 e. The van der Waals surface area contributed by atoms with Crippen molar-refractivity contribution in [3.63, 3.8) is 0 Å². The van der Waals surface area contributed by atoms with Crippen molar-refractivity contribution in [1.29, 1.82) is 0 Å². The van der Waals surface area contributed by atoms with Gasteiger partial charge in [-0.3, -0.25) is 19.3 Å². The molecule has 0 aromatic heterocycles. The van der Waals surface area contributed by atoms with Gasteiger partial charge in [-0.15, -0.1) is 0 Å². The van der Waals surface area contributed by atoms with Crippen LogP contribution in [0.25, 0.3) is 5.76 Å². The van der Waals surface area contributed by atoms with Crippen LogP contribution >= 0.6 is 0 Å². The molecule has 9 N–H and O–H groups in total. The average Bonchev–Trinajstić information content (AvgIpc) is 3.32. The van der Waals surface area contributed by atoms with Crippen LogP contribution in [0.3, 0.4) is 0 Å². The number of hydrogen-bond donors (Lipinski definition) is 7. The van der Waals surface area contributed by atoms with Crippen molar-refractivity contribution >= 4 is 23.2 Å². The predicted octanol–water partition coefficient (Wildman–Crippen LogP) is -0.501. The molecule has 4 aliphatic rings. The van der Waals surface area contributed by atoms with Crippen molar-refractivity contribution in [3.8, 4) is 11.5 Å². The number of amides is 1. The maximum absolute atomic E-state index is 13.7. The number of primary amides is 1. The van der Waals surface area contributed by atoms with Gasteiger partial charge < -0.3 is 41.7 Å². The van der Waals surface area contributed by atoms with E-state index in [0.29, 0.717) is 23.4 Å². The highest BCUT2D eigenvalue weighted by Crippen LogP contribution is 2.54. The van der Waals surface area contributed by atoms with Gasteiger partial charge in [-0.1, -0.05) is 0 Å². The Kier molecular flexibility index (Phi) is 6.26. The van der Waals surface area contributed by atoms with E-state index in [1.807, 2.05) is 0 Å². The molecule has 1 amide bonds. The van der Waals surface area contributed by atoms with Crippen LogP contribution in [-0.4, -0.2) is 86.4 Å². The average molecular weight is 530 g/mol. The van der Waals surface area contributed by atoms with Gasteiger partial charge in [0, 0.05) is 35.2 Å². The number of benzene rings is 1. The van der Waals surface area contributed by atoms with E-state index in [9.17, 15) is 39.9 Å². The number of aliphatic hydroxyl groups excluding tert-OH is 3. The predicted molar refractivity (Wildman–Crippen MR) is 132 cm³/mol. The fraction of sp³-hybridized carbons (Fsp3) is 0.500. The van der Waals surface area contributed by atoms with Crippen LogP contribution in [-0.2, 0) is 20.8 Å². The van der Waals surface area contributed by atoms with Crippen LogP contribution in [0.2, 0.25) is 0 Å². The Hall–Kier alpha value is -3.45. The molecule has 12 heteroatoms. The zero-order valence-electron chi connectivity index (χ0n) is 20.8. The molecular formula is C26H31N3O9. The summed E-state index contributed by atoms with van der Waals surface area (Å²) in [6.45, 7) is 1.17. The number of methoxy groups -OCH3 is 1. The summed E-state index contributed by atoms with van der Waals surface area (Å²) in [5, 5.41) is 54.0. The molecule has 1 saturated heterocycles. The first-order valence-electron chi connectivity index (χ1n) is 12.5. The van der Waals surface area contributed by atoms with Crippen LogP contribution < -0.4 is 16.2 Å². The molecule has 12 nitrogen and oxygen atoms in total. The maximum Gasteiger partial charge on any atom is 0.255 e. The number of likely N-dealkylation sites (tertiary alicyclic amines) is 1. The minimum Gasteiger partial charge on any atom is -0.508 e. The second-order valence-corrected chi connectivity index (χ2v) is 10.4. The third kappa shape index (κ3) is 3.40. The second-order valence-electron chi connectivity index (χ2n) is 10.4. The van der Waals surface area contributed by atoms with Gasteiger partial charge in [0.05, 0.1) is 25.3 Å². The molecule has 3 aliphatic carbocycles. The molecule has 0 spiro atoms. The first-order chi connectivity index (χ1) is 18.0. The quantitative estimate of drug-likeness (QED) is 0.241. The van der Waals surface area contributed by atoms with Crippen LogP contribution in [0, 0.1) is 11.8 Å². The highest BCUT2D eigenvalue weighted by Gasteiger charge is 2.63. The number of β-amino-alcohol motifs (C(OH)–C–C–N with tert-alkyl or cyclic N) is 1. The zero-order valence-corrected chi connectivity index (χ0v) is 20.8. The van der Waals surface area contributed by atoms with Crippen LogP contribution in [0.1, 0.15) is 42.0 Å². The van der Waals surface area contributed by atoms with E-state index in [0.717, 1.165) is 19.4 Å². The molecule has 1 aliphatic heterocycles. The molecule has 1 heterocycles. The molecular weight excluding hydrogens is 498 g/mol. The lowest BCUT2D eigenvalue weighted by molar-refractivity contribution is -0.149. The molecule has 0 bridgehead atoms. The van der Waals surface area contributed by atoms with E-state index < -0.39 is 58.0 Å². The topological polar surface area (TPSA) is 217 Å². The first-order valence-corrected chi connectivity index (χ1v) is 12.5. The van der Waals surface area contributed by atoms with Crippen molar-refractivity contribution in [3.05, 3.63) is 39.7 Å². The molecule has 0 radical (unpaired) electrons. The number of phenolic OH excluding ortho intramolecular Hbond substituents is 1. The number of nitrogens with two attached hydrogens (primary N) is 2. The van der Waals surface area contributed by atoms with Crippen LogP contribution in [0.4, 0.5) is 0 Å². The largest absolute Gasteiger partial charge is 0.508 e. The lowest BCUT2D eigenvalue weighted by Gasteiger charge is -2.48. The molecule has 38 heavy (non-hydrogen) atoms. The Morgan fingerprint density at radius 1 is 1.26 bits per heavy atom. The number of aliphatic hydroxyl groups is 4. The van der Waals surface area contributed by atoms with E-state index in [1.165, 1.54) is 13.2 Å². The summed E-state index contributed by atoms with van der Waals surface area (Å²) < 4.78 is 5.77. The number of ether oxygens (including phenoxy) is 1. The van der Waals surface area contributed by atoms with Gasteiger partial charge in [-0.25, -0.2) is 0 Å². The Bertz CT molecular complexity index is 1320. The Labute approximate surface area is 217 Å². The van der Waals surface area contributed by atoms with Gasteiger partial charge in [-0.2, -0.15) is 0 Å². The van der Waals surface area contributed by atoms with Gasteiger partial charge in [0.1, 0.15) is 28.6 Å². The number of nitrogens with zero attached hydrogens (tertiary/aromatic N) is 1. The molecule has 1 aromatic rings. The summed E-state index contributed by atoms with van der Waals surface area (Å²) in [7, 11) is 1.46. The number of fused-ring (bicyclic) bond motifs is 3. The molecule has 1 saturated carbocycles. The molecule has 1 aromatic carbocycles. The second kappa shape index (κ2) is 9.09. The van der Waals surface area contributed by atoms with E-state index in [2.05, 4.69) is 4.90 Å². The zero-order chi connectivity index (χ0) is 27.7. The van der Waals surface area contributed by atoms with Crippen LogP contribution in [0.5, 0.6) is 11.5 Å². The summed E-state index contributed by atoms with van der Waals surface area (Å²) in [5.41, 5.74) is 8.45. The number of Topliss-reactive ketones (excluding diaryl/α,β-unsaturated/α-hetero) is 2. The number of hydrogen-bond acceptors (Lipinski definition) is 11. The van der Waals surface area contributed by atoms with Gasteiger partial charge in [0.15, 0.2) is 11.4 Å². The summed E-state index contributed by atoms with van der Waals surface area (Å²) in [6, 6.07) is -0.172. The first kappa shape index (κ1) is 26.2. The van der Waals surface area contributed by atoms with Crippen molar-refractivity contribution in [2.45, 2.75) is 43.4 Å². The lowest BCUT2D eigenvalue weighted by Crippen LogP contribution is -2.65. The third-order valence-corrected chi connectivity index (χ3v) is 8.54. The van der Waals surface area contributed by atoms with E-state index in [4.69, 9.17) is 16.2 Å². The molecule has 2 fully saturated rings. The van der Waals surface area contributed by atoms with Gasteiger partial charge in [-0.05, 0) is 44.2 Å². The standard InChI is InChI=1S/C26H31N3O9/c1-38-22-11(14-3-2-4-29(14)5-6-30)9-15(31)17-12(22)7-10-8-13-19(27)21(33)18(25(28)36)24(35)26(13,37)23(34)16(10)20(17)32/h9-10,13-14,19,30-32,35,37H,2-8,27H2,1H3,(H2,28,36)/t10-,13-,14-,19-,26-/m0/s1. The number of rotatable bonds is 5. The Morgan fingerprint density at radius 3 is 2.61 bits per heavy atom. The summed E-state index contributed by atoms with van der Waals surface area (Å²) in [5.74, 6) is -7.10. The van der Waals surface area contributed by atoms with Gasteiger partial charge in [0.25, 0.3) is 5.91 Å². The Balaban J connectivity index is 1.68. The number of carbonyl (C=O) groups excluding carboxylic acids is 3. The maximum atomic E-state index is 13.7. The minimum absolute atomic E-state index is 0.0329. The molecule has 5 atom stereocenters. The van der Waals surface area contributed by atoms with Crippen molar-refractivity contribution in [1.82, 2.24) is 4.90 Å². The number of ketones is 2. The third-order valence-electron chi connectivity index (χ3n) is 8.54. The molecule has 0 unspecified atom stereocenters. The monoisotopic (exact) mass is 529 g/mol. The van der Waals surface area contributed by atoms with E-state index >= 15 is 0 Å². The van der Waals surface area contributed by atoms with Crippen molar-refractivity contribution in [2.24, 2.45) is 23.3 Å². The highest BCUT2D eigenvalue weighted by atomic mass is 16.5. The molecule has 204 valence electrons. The fourth-order valence-electron chi connectivity index (χ4n) is 6.86. The lowest BCUT2D eigenvalue weighted by atomic mass is 9.58. The van der Waals surface area contributed by atoms with Crippen molar-refractivity contribution in [2.75, 3.05) is 26.8 Å². The van der Waals surface area contributed by atoms with E-state index in [-0.39, 0.29) is 42.4 Å². The number of aromatic hydroxyl groups is 1. The number of phenols is 1. The van der Waals surface area contributed by atoms with Gasteiger partial charge >= 0.3 is 0 Å². The normalized spacial score (nSPS) is 31.3. The van der Waals surface area contributed by atoms with Crippen LogP contribution in [0.15, 0.2) is 23.0 Å². The summed E-state index contributed by atoms with van der Waals surface area (Å²) >= 11 is 0. The van der Waals surface area contributed by atoms with Gasteiger partial charge in [0.2, 0.25) is 5.78 Å². The summed E-state index contributed by atoms with van der Waals surface area (Å²) in [6.07, 6.45) is 1.68. The number of carbonyl (C=O) groups is 3. The minimum atomic E-state index is -2.75. The van der Waals surface area contributed by atoms with Crippen molar-refractivity contribution < 1.29 is 44.7 Å². The summed E-state index contributed by atoms with van der Waals surface area (Å²) in [4.78, 5) is 40.4. The fourth-order valence-corrected chi connectivity index (χ4v) is 6.86. The molecule has 5 rings (SSSR count). The van der Waals surface area contributed by atoms with E-state index in [1.54, 1.807) is 0 Å².